The minimum atomic E-state index is 0.0886. The van der Waals surface area contributed by atoms with Gasteiger partial charge in [-0.05, 0) is 6.92 Å². The summed E-state index contributed by atoms with van der Waals surface area (Å²) in [7, 11) is 0. The van der Waals surface area contributed by atoms with Crippen LogP contribution in [0.25, 0.3) is 11.4 Å². The minimum Gasteiger partial charge on any atom is -0.493 e. The van der Waals surface area contributed by atoms with E-state index < -0.39 is 0 Å². The summed E-state index contributed by atoms with van der Waals surface area (Å²) in [5.74, 6) is 1.40. The van der Waals surface area contributed by atoms with Crippen molar-refractivity contribution in [2.75, 3.05) is 5.32 Å². The second-order valence-corrected chi connectivity index (χ2v) is 4.31. The quantitative estimate of drug-likeness (QED) is 0.784. The van der Waals surface area contributed by atoms with Crippen LogP contribution in [0.5, 0.6) is 5.88 Å². The SMILES string of the molecule is CC1Cc2c(O)nc(-c3ccccc3)nc2N1. The van der Waals surface area contributed by atoms with Crippen LogP contribution in [-0.2, 0) is 6.42 Å². The number of hydrogen-bond acceptors (Lipinski definition) is 4. The molecule has 2 heterocycles. The number of anilines is 1. The van der Waals surface area contributed by atoms with E-state index in [0.717, 1.165) is 23.4 Å². The van der Waals surface area contributed by atoms with E-state index in [2.05, 4.69) is 22.2 Å². The van der Waals surface area contributed by atoms with Gasteiger partial charge in [0, 0.05) is 18.0 Å². The predicted molar refractivity (Wildman–Crippen MR) is 65.9 cm³/mol. The van der Waals surface area contributed by atoms with Gasteiger partial charge < -0.3 is 10.4 Å². The second-order valence-electron chi connectivity index (χ2n) is 4.31. The molecule has 3 rings (SSSR count). The van der Waals surface area contributed by atoms with Gasteiger partial charge in [0.1, 0.15) is 5.82 Å². The third kappa shape index (κ3) is 1.71. The average Bonchev–Trinajstić information content (AvgIpc) is 2.71. The molecule has 1 aliphatic rings. The Hall–Kier alpha value is -2.10. The summed E-state index contributed by atoms with van der Waals surface area (Å²) >= 11 is 0. The Labute approximate surface area is 99.4 Å². The molecule has 1 unspecified atom stereocenters. The molecule has 1 aromatic carbocycles. The lowest BCUT2D eigenvalue weighted by atomic mass is 10.1. The predicted octanol–water partition coefficient (Wildman–Crippen LogP) is 2.21. The molecule has 0 fully saturated rings. The molecule has 1 atom stereocenters. The van der Waals surface area contributed by atoms with Gasteiger partial charge in [0.15, 0.2) is 5.82 Å². The summed E-state index contributed by atoms with van der Waals surface area (Å²) < 4.78 is 0. The van der Waals surface area contributed by atoms with Crippen molar-refractivity contribution in [1.82, 2.24) is 9.97 Å². The average molecular weight is 227 g/mol. The molecular formula is C13H13N3O. The molecular weight excluding hydrogens is 214 g/mol. The summed E-state index contributed by atoms with van der Waals surface area (Å²) in [6.45, 7) is 2.06. The van der Waals surface area contributed by atoms with Gasteiger partial charge in [-0.3, -0.25) is 0 Å². The highest BCUT2D eigenvalue weighted by Gasteiger charge is 2.23. The number of aromatic hydroxyl groups is 1. The van der Waals surface area contributed by atoms with Gasteiger partial charge in [0.25, 0.3) is 0 Å². The van der Waals surface area contributed by atoms with Gasteiger partial charge in [-0.2, -0.15) is 4.98 Å². The van der Waals surface area contributed by atoms with Crippen LogP contribution in [0.15, 0.2) is 30.3 Å². The second kappa shape index (κ2) is 3.73. The third-order valence-corrected chi connectivity index (χ3v) is 2.91. The van der Waals surface area contributed by atoms with Crippen LogP contribution in [0.3, 0.4) is 0 Å². The van der Waals surface area contributed by atoms with E-state index in [-0.39, 0.29) is 5.88 Å². The number of nitrogens with zero attached hydrogens (tertiary/aromatic N) is 2. The first-order valence-corrected chi connectivity index (χ1v) is 5.66. The minimum absolute atomic E-state index is 0.0886. The molecule has 0 saturated heterocycles. The molecule has 4 nitrogen and oxygen atoms in total. The zero-order valence-electron chi connectivity index (χ0n) is 9.51. The highest BCUT2D eigenvalue weighted by molar-refractivity contribution is 5.63. The van der Waals surface area contributed by atoms with E-state index in [4.69, 9.17) is 0 Å². The Morgan fingerprint density at radius 1 is 1.24 bits per heavy atom. The lowest BCUT2D eigenvalue weighted by molar-refractivity contribution is 0.447. The fraction of sp³-hybridized carbons (Fsp3) is 0.231. The Balaban J connectivity index is 2.10. The van der Waals surface area contributed by atoms with Crippen molar-refractivity contribution in [3.05, 3.63) is 35.9 Å². The maximum atomic E-state index is 9.90. The number of fused-ring (bicyclic) bond motifs is 1. The first-order chi connectivity index (χ1) is 8.24. The molecule has 0 radical (unpaired) electrons. The van der Waals surface area contributed by atoms with Crippen LogP contribution in [-0.4, -0.2) is 21.1 Å². The molecule has 0 aliphatic carbocycles. The van der Waals surface area contributed by atoms with Crippen LogP contribution in [0.2, 0.25) is 0 Å². The van der Waals surface area contributed by atoms with Crippen molar-refractivity contribution in [1.29, 1.82) is 0 Å². The van der Waals surface area contributed by atoms with Crippen LogP contribution in [0, 0.1) is 0 Å². The fourth-order valence-corrected chi connectivity index (χ4v) is 2.09. The summed E-state index contributed by atoms with van der Waals surface area (Å²) in [5, 5.41) is 13.1. The third-order valence-electron chi connectivity index (χ3n) is 2.91. The fourth-order valence-electron chi connectivity index (χ4n) is 2.09. The summed E-state index contributed by atoms with van der Waals surface area (Å²) in [5.41, 5.74) is 1.73. The number of hydrogen-bond donors (Lipinski definition) is 2. The summed E-state index contributed by atoms with van der Waals surface area (Å²) in [6, 6.07) is 9.96. The van der Waals surface area contributed by atoms with Crippen molar-refractivity contribution < 1.29 is 5.11 Å². The van der Waals surface area contributed by atoms with Crippen LogP contribution < -0.4 is 5.32 Å². The first-order valence-electron chi connectivity index (χ1n) is 5.66. The number of rotatable bonds is 1. The van der Waals surface area contributed by atoms with Gasteiger partial charge in [-0.15, -0.1) is 0 Å². The lowest BCUT2D eigenvalue weighted by Gasteiger charge is -2.05. The van der Waals surface area contributed by atoms with Crippen molar-refractivity contribution in [3.8, 4) is 17.3 Å². The summed E-state index contributed by atoms with van der Waals surface area (Å²) in [4.78, 5) is 8.61. The molecule has 1 aromatic heterocycles. The lowest BCUT2D eigenvalue weighted by Crippen LogP contribution is -2.09. The van der Waals surface area contributed by atoms with E-state index in [1.807, 2.05) is 30.3 Å². The molecule has 2 N–H and O–H groups in total. The van der Waals surface area contributed by atoms with E-state index in [9.17, 15) is 5.11 Å². The van der Waals surface area contributed by atoms with Crippen molar-refractivity contribution in [3.63, 3.8) is 0 Å². The van der Waals surface area contributed by atoms with Crippen molar-refractivity contribution >= 4 is 5.82 Å². The standard InChI is InChI=1S/C13H13N3O/c1-8-7-10-12(14-8)15-11(16-13(10)17)9-5-3-2-4-6-9/h2-6,8H,7H2,1H3,(H2,14,15,16,17). The largest absolute Gasteiger partial charge is 0.493 e. The first kappa shape index (κ1) is 10.1. The molecule has 0 saturated carbocycles. The normalized spacial score (nSPS) is 17.6. The Bertz CT molecular complexity index is 554. The smallest absolute Gasteiger partial charge is 0.219 e. The Morgan fingerprint density at radius 2 is 2.00 bits per heavy atom. The highest BCUT2D eigenvalue weighted by atomic mass is 16.3. The van der Waals surface area contributed by atoms with Gasteiger partial charge in [-0.25, -0.2) is 4.98 Å². The van der Waals surface area contributed by atoms with Gasteiger partial charge >= 0.3 is 0 Å². The van der Waals surface area contributed by atoms with Crippen LogP contribution >= 0.6 is 0 Å². The molecule has 17 heavy (non-hydrogen) atoms. The van der Waals surface area contributed by atoms with E-state index in [1.165, 1.54) is 0 Å². The maximum Gasteiger partial charge on any atom is 0.219 e. The van der Waals surface area contributed by atoms with Crippen molar-refractivity contribution in [2.45, 2.75) is 19.4 Å². The number of benzene rings is 1. The van der Waals surface area contributed by atoms with Crippen molar-refractivity contribution in [2.24, 2.45) is 0 Å². The molecule has 1 aliphatic heterocycles. The molecule has 0 bridgehead atoms. The molecule has 4 heteroatoms. The number of aromatic nitrogens is 2. The molecule has 86 valence electrons. The molecule has 0 amide bonds. The maximum absolute atomic E-state index is 9.90. The van der Waals surface area contributed by atoms with E-state index in [1.54, 1.807) is 0 Å². The summed E-state index contributed by atoms with van der Waals surface area (Å²) in [6.07, 6.45) is 0.774. The van der Waals surface area contributed by atoms with Gasteiger partial charge in [0.2, 0.25) is 5.88 Å². The zero-order valence-corrected chi connectivity index (χ0v) is 9.51. The van der Waals surface area contributed by atoms with E-state index in [0.29, 0.717) is 11.9 Å². The molecule has 2 aromatic rings. The monoisotopic (exact) mass is 227 g/mol. The highest BCUT2D eigenvalue weighted by Crippen LogP contribution is 2.32. The van der Waals surface area contributed by atoms with Crippen LogP contribution in [0.4, 0.5) is 5.82 Å². The van der Waals surface area contributed by atoms with Gasteiger partial charge in [0.05, 0.1) is 5.56 Å². The zero-order chi connectivity index (χ0) is 11.8. The van der Waals surface area contributed by atoms with Gasteiger partial charge in [-0.1, -0.05) is 30.3 Å². The molecule has 0 spiro atoms. The topological polar surface area (TPSA) is 58.0 Å². The van der Waals surface area contributed by atoms with E-state index >= 15 is 0 Å². The van der Waals surface area contributed by atoms with Crippen LogP contribution in [0.1, 0.15) is 12.5 Å². The number of nitrogens with one attached hydrogen (secondary N) is 1. The Morgan fingerprint density at radius 3 is 2.76 bits per heavy atom. The Kier molecular flexibility index (Phi) is 2.21.